The third-order valence-corrected chi connectivity index (χ3v) is 2.76. The summed E-state index contributed by atoms with van der Waals surface area (Å²) >= 11 is 5.83. The third kappa shape index (κ3) is 3.17. The monoisotopic (exact) mass is 247 g/mol. The van der Waals surface area contributed by atoms with E-state index in [4.69, 9.17) is 11.6 Å². The topological polar surface area (TPSA) is 29.0 Å². The fourth-order valence-electron chi connectivity index (χ4n) is 1.58. The predicted octanol–water partition coefficient (Wildman–Crippen LogP) is 3.07. The first kappa shape index (κ1) is 11.9. The third-order valence-electron chi connectivity index (χ3n) is 2.55. The summed E-state index contributed by atoms with van der Waals surface area (Å²) in [5.74, 6) is 0.825. The first-order valence-corrected chi connectivity index (χ1v) is 5.77. The molecule has 0 N–H and O–H groups in total. The first-order valence-electron chi connectivity index (χ1n) is 5.39. The highest BCUT2D eigenvalue weighted by Crippen LogP contribution is 2.15. The average molecular weight is 248 g/mol. The molecule has 1 aromatic heterocycles. The standard InChI is InChI=1S/C13H14ClN3/c1-10-3-5-11(6-4-10)8-17(2)13-7-12(14)15-9-16-13/h3-7,9H,8H2,1-2H3. The number of aromatic nitrogens is 2. The highest BCUT2D eigenvalue weighted by atomic mass is 35.5. The molecule has 0 saturated carbocycles. The maximum atomic E-state index is 5.83. The zero-order valence-corrected chi connectivity index (χ0v) is 10.6. The lowest BCUT2D eigenvalue weighted by Gasteiger charge is -2.18. The van der Waals surface area contributed by atoms with Crippen molar-refractivity contribution in [3.8, 4) is 0 Å². The van der Waals surface area contributed by atoms with Crippen molar-refractivity contribution in [1.82, 2.24) is 9.97 Å². The molecule has 0 saturated heterocycles. The Kier molecular flexibility index (Phi) is 3.59. The zero-order chi connectivity index (χ0) is 12.3. The summed E-state index contributed by atoms with van der Waals surface area (Å²) in [6.45, 7) is 2.88. The molecule has 0 unspecified atom stereocenters. The van der Waals surface area contributed by atoms with Gasteiger partial charge in [-0.1, -0.05) is 41.4 Å². The van der Waals surface area contributed by atoms with Crippen LogP contribution in [-0.4, -0.2) is 17.0 Å². The van der Waals surface area contributed by atoms with Crippen LogP contribution in [0, 0.1) is 6.92 Å². The van der Waals surface area contributed by atoms with Gasteiger partial charge in [0.2, 0.25) is 0 Å². The molecule has 0 radical (unpaired) electrons. The fourth-order valence-corrected chi connectivity index (χ4v) is 1.72. The van der Waals surface area contributed by atoms with Crippen molar-refractivity contribution in [2.45, 2.75) is 13.5 Å². The van der Waals surface area contributed by atoms with Gasteiger partial charge < -0.3 is 4.90 Å². The van der Waals surface area contributed by atoms with Gasteiger partial charge in [-0.2, -0.15) is 0 Å². The highest BCUT2D eigenvalue weighted by molar-refractivity contribution is 6.29. The van der Waals surface area contributed by atoms with Gasteiger partial charge in [-0.3, -0.25) is 0 Å². The maximum Gasteiger partial charge on any atom is 0.134 e. The molecule has 4 heteroatoms. The number of anilines is 1. The number of halogens is 1. The van der Waals surface area contributed by atoms with Gasteiger partial charge in [0, 0.05) is 19.7 Å². The largest absolute Gasteiger partial charge is 0.355 e. The van der Waals surface area contributed by atoms with Gasteiger partial charge in [-0.15, -0.1) is 0 Å². The molecule has 1 aromatic carbocycles. The molecule has 0 bridgehead atoms. The Morgan fingerprint density at radius 2 is 1.88 bits per heavy atom. The second kappa shape index (κ2) is 5.15. The maximum absolute atomic E-state index is 5.83. The van der Waals surface area contributed by atoms with Gasteiger partial charge in [0.25, 0.3) is 0 Å². The molecule has 88 valence electrons. The lowest BCUT2D eigenvalue weighted by molar-refractivity contribution is 0.890. The van der Waals surface area contributed by atoms with Crippen LogP contribution < -0.4 is 4.90 Å². The van der Waals surface area contributed by atoms with E-state index in [1.165, 1.54) is 17.5 Å². The second-order valence-electron chi connectivity index (χ2n) is 4.04. The van der Waals surface area contributed by atoms with E-state index in [0.717, 1.165) is 12.4 Å². The van der Waals surface area contributed by atoms with Crippen molar-refractivity contribution >= 4 is 17.4 Å². The number of aryl methyl sites for hydroxylation is 1. The van der Waals surface area contributed by atoms with Crippen molar-refractivity contribution in [2.75, 3.05) is 11.9 Å². The van der Waals surface area contributed by atoms with Crippen LogP contribution in [-0.2, 0) is 6.54 Å². The van der Waals surface area contributed by atoms with Crippen LogP contribution in [0.4, 0.5) is 5.82 Å². The number of nitrogens with zero attached hydrogens (tertiary/aromatic N) is 3. The lowest BCUT2D eigenvalue weighted by atomic mass is 10.1. The number of hydrogen-bond acceptors (Lipinski definition) is 3. The van der Waals surface area contributed by atoms with Crippen LogP contribution in [0.1, 0.15) is 11.1 Å². The Bertz CT molecular complexity index is 496. The molecular formula is C13H14ClN3. The van der Waals surface area contributed by atoms with E-state index in [-0.39, 0.29) is 0 Å². The summed E-state index contributed by atoms with van der Waals surface area (Å²) in [4.78, 5) is 10.1. The average Bonchev–Trinajstić information content (AvgIpc) is 2.32. The first-order chi connectivity index (χ1) is 8.15. The van der Waals surface area contributed by atoms with Gasteiger partial charge in [0.1, 0.15) is 17.3 Å². The van der Waals surface area contributed by atoms with E-state index >= 15 is 0 Å². The molecule has 0 aliphatic heterocycles. The van der Waals surface area contributed by atoms with Gasteiger partial charge in [-0.25, -0.2) is 9.97 Å². The summed E-state index contributed by atoms with van der Waals surface area (Å²) in [7, 11) is 1.98. The molecule has 1 heterocycles. The van der Waals surface area contributed by atoms with Crippen LogP contribution in [0.25, 0.3) is 0 Å². The lowest BCUT2D eigenvalue weighted by Crippen LogP contribution is -2.17. The Morgan fingerprint density at radius 3 is 2.53 bits per heavy atom. The van der Waals surface area contributed by atoms with Crippen molar-refractivity contribution in [2.24, 2.45) is 0 Å². The molecule has 0 aliphatic carbocycles. The van der Waals surface area contributed by atoms with E-state index < -0.39 is 0 Å². The summed E-state index contributed by atoms with van der Waals surface area (Å²) < 4.78 is 0. The minimum atomic E-state index is 0.464. The molecule has 0 spiro atoms. The molecule has 3 nitrogen and oxygen atoms in total. The second-order valence-corrected chi connectivity index (χ2v) is 4.43. The normalized spacial score (nSPS) is 10.3. The Balaban J connectivity index is 2.11. The van der Waals surface area contributed by atoms with Crippen molar-refractivity contribution in [3.63, 3.8) is 0 Å². The Morgan fingerprint density at radius 1 is 1.18 bits per heavy atom. The SMILES string of the molecule is Cc1ccc(CN(C)c2cc(Cl)ncn2)cc1. The van der Waals surface area contributed by atoms with E-state index in [1.54, 1.807) is 6.07 Å². The quantitative estimate of drug-likeness (QED) is 0.781. The van der Waals surface area contributed by atoms with Gasteiger partial charge in [-0.05, 0) is 12.5 Å². The fraction of sp³-hybridized carbons (Fsp3) is 0.231. The van der Waals surface area contributed by atoms with Crippen LogP contribution >= 0.6 is 11.6 Å². The zero-order valence-electron chi connectivity index (χ0n) is 9.89. The molecule has 0 atom stereocenters. The molecule has 2 rings (SSSR count). The van der Waals surface area contributed by atoms with E-state index in [1.807, 2.05) is 11.9 Å². The van der Waals surface area contributed by atoms with Gasteiger partial charge in [0.05, 0.1) is 0 Å². The molecule has 0 fully saturated rings. The molecular weight excluding hydrogens is 234 g/mol. The smallest absolute Gasteiger partial charge is 0.134 e. The number of hydrogen-bond donors (Lipinski definition) is 0. The van der Waals surface area contributed by atoms with Crippen molar-refractivity contribution in [1.29, 1.82) is 0 Å². The molecule has 2 aromatic rings. The van der Waals surface area contributed by atoms with Crippen molar-refractivity contribution in [3.05, 3.63) is 52.9 Å². The summed E-state index contributed by atoms with van der Waals surface area (Å²) in [6, 6.07) is 10.2. The van der Waals surface area contributed by atoms with Crippen LogP contribution in [0.2, 0.25) is 5.15 Å². The van der Waals surface area contributed by atoms with Crippen LogP contribution in [0.15, 0.2) is 36.7 Å². The minimum Gasteiger partial charge on any atom is -0.355 e. The minimum absolute atomic E-state index is 0.464. The van der Waals surface area contributed by atoms with Gasteiger partial charge in [0.15, 0.2) is 0 Å². The van der Waals surface area contributed by atoms with Crippen LogP contribution in [0.3, 0.4) is 0 Å². The summed E-state index contributed by atoms with van der Waals surface area (Å²) in [5.41, 5.74) is 2.51. The van der Waals surface area contributed by atoms with Crippen molar-refractivity contribution < 1.29 is 0 Å². The van der Waals surface area contributed by atoms with E-state index in [9.17, 15) is 0 Å². The summed E-state index contributed by atoms with van der Waals surface area (Å²) in [6.07, 6.45) is 1.48. The Labute approximate surface area is 106 Å². The highest BCUT2D eigenvalue weighted by Gasteiger charge is 2.04. The van der Waals surface area contributed by atoms with Crippen LogP contribution in [0.5, 0.6) is 0 Å². The van der Waals surface area contributed by atoms with E-state index in [0.29, 0.717) is 5.15 Å². The molecule has 0 aliphatic rings. The number of benzene rings is 1. The van der Waals surface area contributed by atoms with Gasteiger partial charge >= 0.3 is 0 Å². The number of rotatable bonds is 3. The van der Waals surface area contributed by atoms with E-state index in [2.05, 4.69) is 41.2 Å². The summed E-state index contributed by atoms with van der Waals surface area (Å²) in [5, 5.41) is 0.464. The Hall–Kier alpha value is -1.61. The predicted molar refractivity (Wildman–Crippen MR) is 70.3 cm³/mol. The molecule has 17 heavy (non-hydrogen) atoms. The molecule has 0 amide bonds.